The first-order valence-corrected chi connectivity index (χ1v) is 10.5. The SMILES string of the molecule is NC(=O)CC(N)C(=O)NC(CC(=O)O)C(=O)NC(CC(=O)O)C(=O)NC(Cc1ccccc1)C(=O)O. The molecule has 4 amide bonds. The molecule has 0 saturated carbocycles. The molecule has 0 heterocycles. The summed E-state index contributed by atoms with van der Waals surface area (Å²) in [5, 5.41) is 33.8. The maximum Gasteiger partial charge on any atom is 0.326 e. The Kier molecular flexibility index (Phi) is 11.5. The Morgan fingerprint density at radius 3 is 1.56 bits per heavy atom. The molecule has 0 fully saturated rings. The number of benzene rings is 1. The predicted molar refractivity (Wildman–Crippen MR) is 120 cm³/mol. The van der Waals surface area contributed by atoms with E-state index in [-0.39, 0.29) is 6.42 Å². The van der Waals surface area contributed by atoms with Crippen LogP contribution in [0, 0.1) is 0 Å². The molecule has 0 aliphatic rings. The van der Waals surface area contributed by atoms with E-state index in [0.717, 1.165) is 0 Å². The first-order valence-electron chi connectivity index (χ1n) is 10.5. The molecule has 4 unspecified atom stereocenters. The van der Waals surface area contributed by atoms with E-state index in [1.165, 1.54) is 0 Å². The Morgan fingerprint density at radius 2 is 1.14 bits per heavy atom. The summed E-state index contributed by atoms with van der Waals surface area (Å²) in [6.45, 7) is 0. The minimum Gasteiger partial charge on any atom is -0.481 e. The van der Waals surface area contributed by atoms with Gasteiger partial charge in [-0.2, -0.15) is 0 Å². The first-order chi connectivity index (χ1) is 16.8. The van der Waals surface area contributed by atoms with Crippen LogP contribution in [0.4, 0.5) is 0 Å². The lowest BCUT2D eigenvalue weighted by molar-refractivity contribution is -0.145. The van der Waals surface area contributed by atoms with Gasteiger partial charge in [0.2, 0.25) is 23.6 Å². The molecule has 0 radical (unpaired) electrons. The molecule has 1 rings (SSSR count). The van der Waals surface area contributed by atoms with Crippen molar-refractivity contribution in [3.05, 3.63) is 35.9 Å². The number of rotatable bonds is 15. The van der Waals surface area contributed by atoms with Gasteiger partial charge >= 0.3 is 17.9 Å². The number of carbonyl (C=O) groups excluding carboxylic acids is 4. The van der Waals surface area contributed by atoms with Crippen LogP contribution in [0.5, 0.6) is 0 Å². The number of hydrogen-bond acceptors (Lipinski definition) is 8. The van der Waals surface area contributed by atoms with Crippen molar-refractivity contribution in [2.45, 2.75) is 49.9 Å². The van der Waals surface area contributed by atoms with Crippen molar-refractivity contribution in [3.8, 4) is 0 Å². The third kappa shape index (κ3) is 10.6. The van der Waals surface area contributed by atoms with Crippen LogP contribution in [0.25, 0.3) is 0 Å². The number of carboxylic acid groups (broad SMARTS) is 3. The average molecular weight is 509 g/mol. The lowest BCUT2D eigenvalue weighted by atomic mass is 10.0. The van der Waals surface area contributed by atoms with Gasteiger partial charge in [0.05, 0.1) is 25.3 Å². The molecule has 15 heteroatoms. The second kappa shape index (κ2) is 14.0. The summed E-state index contributed by atoms with van der Waals surface area (Å²) in [5.41, 5.74) is 11.0. The van der Waals surface area contributed by atoms with Gasteiger partial charge in [-0.05, 0) is 5.56 Å². The van der Waals surface area contributed by atoms with E-state index in [2.05, 4.69) is 5.32 Å². The summed E-state index contributed by atoms with van der Waals surface area (Å²) in [7, 11) is 0. The second-order valence-electron chi connectivity index (χ2n) is 7.68. The summed E-state index contributed by atoms with van der Waals surface area (Å²) < 4.78 is 0. The molecule has 4 atom stereocenters. The maximum atomic E-state index is 12.7. The van der Waals surface area contributed by atoms with Crippen LogP contribution in [0.1, 0.15) is 24.8 Å². The fourth-order valence-electron chi connectivity index (χ4n) is 2.95. The first kappa shape index (κ1) is 29.5. The minimum absolute atomic E-state index is 0.148. The fourth-order valence-corrected chi connectivity index (χ4v) is 2.95. The normalized spacial score (nSPS) is 13.8. The van der Waals surface area contributed by atoms with Crippen LogP contribution in [0.3, 0.4) is 0 Å². The van der Waals surface area contributed by atoms with Crippen LogP contribution in [0.2, 0.25) is 0 Å². The largest absolute Gasteiger partial charge is 0.481 e. The topological polar surface area (TPSA) is 268 Å². The molecule has 0 aliphatic heterocycles. The molecule has 0 spiro atoms. The molecule has 36 heavy (non-hydrogen) atoms. The average Bonchev–Trinajstić information content (AvgIpc) is 2.77. The van der Waals surface area contributed by atoms with Gasteiger partial charge in [0.15, 0.2) is 0 Å². The van der Waals surface area contributed by atoms with Crippen LogP contribution in [-0.2, 0) is 40.0 Å². The number of primary amides is 1. The standard InChI is InChI=1S/C21H27N5O10/c22-11(7-15(23)27)18(32)24-12(8-16(28)29)19(33)25-13(9-17(30)31)20(34)26-14(21(35)36)6-10-4-2-1-3-5-10/h1-5,11-14H,6-9,22H2,(H2,23,27)(H,24,32)(H,25,33)(H,26,34)(H,28,29)(H,30,31)(H,35,36). The molecule has 1 aromatic rings. The van der Waals surface area contributed by atoms with Crippen molar-refractivity contribution in [3.63, 3.8) is 0 Å². The smallest absolute Gasteiger partial charge is 0.326 e. The summed E-state index contributed by atoms with van der Waals surface area (Å²) in [4.78, 5) is 82.4. The van der Waals surface area contributed by atoms with Gasteiger partial charge in [0.1, 0.15) is 18.1 Å². The molecule has 1 aromatic carbocycles. The number of nitrogens with two attached hydrogens (primary N) is 2. The lowest BCUT2D eigenvalue weighted by Gasteiger charge is -2.24. The number of hydrogen-bond donors (Lipinski definition) is 8. The van der Waals surface area contributed by atoms with Gasteiger partial charge in [0, 0.05) is 6.42 Å². The zero-order chi connectivity index (χ0) is 27.4. The van der Waals surface area contributed by atoms with Crippen molar-refractivity contribution in [1.29, 1.82) is 0 Å². The van der Waals surface area contributed by atoms with Gasteiger partial charge in [-0.1, -0.05) is 30.3 Å². The van der Waals surface area contributed by atoms with Crippen LogP contribution in [-0.4, -0.2) is 81.0 Å². The fraction of sp³-hybridized carbons (Fsp3) is 0.381. The van der Waals surface area contributed by atoms with E-state index >= 15 is 0 Å². The predicted octanol–water partition coefficient (Wildman–Crippen LogP) is -3.08. The van der Waals surface area contributed by atoms with Crippen molar-refractivity contribution in [1.82, 2.24) is 16.0 Å². The highest BCUT2D eigenvalue weighted by molar-refractivity contribution is 5.97. The van der Waals surface area contributed by atoms with Gasteiger partial charge in [-0.3, -0.25) is 28.8 Å². The zero-order valence-electron chi connectivity index (χ0n) is 18.9. The van der Waals surface area contributed by atoms with Crippen molar-refractivity contribution >= 4 is 41.5 Å². The summed E-state index contributed by atoms with van der Waals surface area (Å²) in [6, 6.07) is 1.61. The molecule has 15 nitrogen and oxygen atoms in total. The van der Waals surface area contributed by atoms with Gasteiger partial charge in [-0.15, -0.1) is 0 Å². The lowest BCUT2D eigenvalue weighted by Crippen LogP contribution is -2.58. The van der Waals surface area contributed by atoms with E-state index in [4.69, 9.17) is 21.7 Å². The molecular weight excluding hydrogens is 482 g/mol. The quantitative estimate of drug-likeness (QED) is 0.117. The van der Waals surface area contributed by atoms with Crippen molar-refractivity contribution in [2.75, 3.05) is 0 Å². The Morgan fingerprint density at radius 1 is 0.694 bits per heavy atom. The van der Waals surface area contributed by atoms with Crippen molar-refractivity contribution in [2.24, 2.45) is 11.5 Å². The van der Waals surface area contributed by atoms with Gasteiger partial charge in [0.25, 0.3) is 0 Å². The summed E-state index contributed by atoms with van der Waals surface area (Å²) >= 11 is 0. The van der Waals surface area contributed by atoms with E-state index in [1.807, 2.05) is 10.6 Å². The zero-order valence-corrected chi connectivity index (χ0v) is 18.9. The Balaban J connectivity index is 3.02. The summed E-state index contributed by atoms with van der Waals surface area (Å²) in [5.74, 6) is -8.94. The van der Waals surface area contributed by atoms with Crippen molar-refractivity contribution < 1.29 is 48.9 Å². The Bertz CT molecular complexity index is 1000. The summed E-state index contributed by atoms with van der Waals surface area (Å²) in [6.07, 6.45) is -2.71. The number of aliphatic carboxylic acids is 3. The van der Waals surface area contributed by atoms with E-state index < -0.39 is 85.0 Å². The molecule has 196 valence electrons. The highest BCUT2D eigenvalue weighted by Crippen LogP contribution is 2.05. The van der Waals surface area contributed by atoms with E-state index in [9.17, 15) is 38.7 Å². The molecule has 0 aromatic heterocycles. The Labute approximate surface area is 204 Å². The number of nitrogens with one attached hydrogen (secondary N) is 3. The molecule has 0 aliphatic carbocycles. The second-order valence-corrected chi connectivity index (χ2v) is 7.68. The number of carbonyl (C=O) groups is 7. The minimum atomic E-state index is -1.82. The highest BCUT2D eigenvalue weighted by Gasteiger charge is 2.32. The van der Waals surface area contributed by atoms with Crippen LogP contribution in [0.15, 0.2) is 30.3 Å². The Hall–Kier alpha value is -4.53. The monoisotopic (exact) mass is 509 g/mol. The van der Waals surface area contributed by atoms with E-state index in [1.54, 1.807) is 30.3 Å². The third-order valence-electron chi connectivity index (χ3n) is 4.68. The maximum absolute atomic E-state index is 12.7. The molecule has 10 N–H and O–H groups in total. The van der Waals surface area contributed by atoms with Crippen LogP contribution < -0.4 is 27.4 Å². The van der Waals surface area contributed by atoms with E-state index in [0.29, 0.717) is 5.56 Å². The van der Waals surface area contributed by atoms with Gasteiger partial charge < -0.3 is 42.7 Å². The molecule has 0 bridgehead atoms. The third-order valence-corrected chi connectivity index (χ3v) is 4.68. The molecular formula is C21H27N5O10. The van der Waals surface area contributed by atoms with Gasteiger partial charge in [-0.25, -0.2) is 4.79 Å². The highest BCUT2D eigenvalue weighted by atomic mass is 16.4. The molecule has 0 saturated heterocycles. The number of amides is 4. The number of carboxylic acids is 3. The van der Waals surface area contributed by atoms with Crippen LogP contribution >= 0.6 is 0 Å².